The van der Waals surface area contributed by atoms with Gasteiger partial charge >= 0.3 is 0 Å². The summed E-state index contributed by atoms with van der Waals surface area (Å²) in [7, 11) is 8.23. The van der Waals surface area contributed by atoms with Crippen LogP contribution in [0.1, 0.15) is 69.5 Å². The molecule has 0 saturated heterocycles. The topological polar surface area (TPSA) is 48.7 Å². The van der Waals surface area contributed by atoms with Crippen molar-refractivity contribution in [3.63, 3.8) is 0 Å². The molecule has 1 aromatic heterocycles. The third kappa shape index (κ3) is 7.54. The van der Waals surface area contributed by atoms with E-state index in [4.69, 9.17) is 0 Å². The number of aromatic nitrogens is 2. The first-order valence-electron chi connectivity index (χ1n) is 10.6. The molecule has 6 nitrogen and oxygen atoms in total. The average Bonchev–Trinajstić information content (AvgIpc) is 3.02. The molecule has 0 aromatic carbocycles. The van der Waals surface area contributed by atoms with Crippen molar-refractivity contribution in [2.24, 2.45) is 12.0 Å². The first-order valence-corrected chi connectivity index (χ1v) is 10.6. The van der Waals surface area contributed by atoms with Gasteiger partial charge in [-0.1, -0.05) is 33.1 Å². The summed E-state index contributed by atoms with van der Waals surface area (Å²) >= 11 is 0. The Balaban J connectivity index is 0.00000392. The van der Waals surface area contributed by atoms with E-state index in [1.54, 1.807) is 0 Å². The van der Waals surface area contributed by atoms with Gasteiger partial charge in [-0.05, 0) is 38.8 Å². The lowest BCUT2D eigenvalue weighted by Crippen LogP contribution is -2.40. The summed E-state index contributed by atoms with van der Waals surface area (Å²) in [4.78, 5) is 9.20. The third-order valence-electron chi connectivity index (χ3n) is 5.63. The van der Waals surface area contributed by atoms with E-state index in [9.17, 15) is 0 Å². The van der Waals surface area contributed by atoms with Gasteiger partial charge in [-0.2, -0.15) is 5.10 Å². The number of nitrogens with one attached hydrogen (secondary N) is 1. The standard InChI is InChI=1S/C21H40N6.HI/c1-17(2)20-18(16-27(6)24-20)15-26(5)21(22-3)23-13-10-14-25(4)19-11-8-7-9-12-19;/h16-17,19H,7-15H2,1-6H3,(H,22,23);1H. The maximum atomic E-state index is 4.61. The van der Waals surface area contributed by atoms with Gasteiger partial charge in [-0.3, -0.25) is 9.67 Å². The van der Waals surface area contributed by atoms with Crippen molar-refractivity contribution in [2.75, 3.05) is 34.2 Å². The van der Waals surface area contributed by atoms with E-state index in [-0.39, 0.29) is 24.0 Å². The highest BCUT2D eigenvalue weighted by Gasteiger charge is 2.18. The molecule has 0 amide bonds. The highest BCUT2D eigenvalue weighted by molar-refractivity contribution is 14.0. The molecule has 0 radical (unpaired) electrons. The van der Waals surface area contributed by atoms with Gasteiger partial charge < -0.3 is 15.1 Å². The maximum absolute atomic E-state index is 4.61. The van der Waals surface area contributed by atoms with E-state index in [2.05, 4.69) is 59.3 Å². The largest absolute Gasteiger partial charge is 0.356 e. The fourth-order valence-corrected chi connectivity index (χ4v) is 4.11. The zero-order valence-corrected chi connectivity index (χ0v) is 21.1. The van der Waals surface area contributed by atoms with E-state index >= 15 is 0 Å². The smallest absolute Gasteiger partial charge is 0.193 e. The van der Waals surface area contributed by atoms with Gasteiger partial charge in [0.2, 0.25) is 0 Å². The van der Waals surface area contributed by atoms with Crippen LogP contribution in [0.25, 0.3) is 0 Å². The molecule has 7 heteroatoms. The minimum Gasteiger partial charge on any atom is -0.356 e. The summed E-state index contributed by atoms with van der Waals surface area (Å²) in [6.45, 7) is 7.32. The van der Waals surface area contributed by atoms with Gasteiger partial charge in [0.05, 0.1) is 5.69 Å². The van der Waals surface area contributed by atoms with Crippen LogP contribution < -0.4 is 5.32 Å². The van der Waals surface area contributed by atoms with Crippen LogP contribution in [0, 0.1) is 0 Å². The Morgan fingerprint density at radius 1 is 1.29 bits per heavy atom. The predicted octanol–water partition coefficient (Wildman–Crippen LogP) is 3.82. The number of aliphatic imine (C=N–C) groups is 1. The summed E-state index contributed by atoms with van der Waals surface area (Å²) in [6, 6.07) is 0.792. The number of rotatable bonds is 8. The second-order valence-corrected chi connectivity index (χ2v) is 8.32. The van der Waals surface area contributed by atoms with Gasteiger partial charge in [0.1, 0.15) is 0 Å². The Morgan fingerprint density at radius 3 is 2.57 bits per heavy atom. The molecular weight excluding hydrogens is 463 g/mol. The molecule has 0 bridgehead atoms. The van der Waals surface area contributed by atoms with Crippen molar-refractivity contribution in [3.8, 4) is 0 Å². The zero-order chi connectivity index (χ0) is 19.8. The molecule has 1 heterocycles. The second kappa shape index (κ2) is 12.7. The molecule has 1 aliphatic carbocycles. The fourth-order valence-electron chi connectivity index (χ4n) is 4.11. The number of hydrogen-bond donors (Lipinski definition) is 1. The summed E-state index contributed by atoms with van der Waals surface area (Å²) in [6.07, 6.45) is 10.2. The van der Waals surface area contributed by atoms with Gasteiger partial charge in [0.25, 0.3) is 0 Å². The molecule has 1 aliphatic rings. The fraction of sp³-hybridized carbons (Fsp3) is 0.810. The van der Waals surface area contributed by atoms with Crippen LogP contribution in [0.5, 0.6) is 0 Å². The van der Waals surface area contributed by atoms with Crippen molar-refractivity contribution < 1.29 is 0 Å². The molecule has 1 N–H and O–H groups in total. The first kappa shape index (κ1) is 25.2. The Bertz CT molecular complexity index is 592. The quantitative estimate of drug-likeness (QED) is 0.253. The number of aryl methyl sites for hydroxylation is 1. The molecule has 0 atom stereocenters. The summed E-state index contributed by atoms with van der Waals surface area (Å²) in [5.74, 6) is 1.38. The number of nitrogens with zero attached hydrogens (tertiary/aromatic N) is 5. The third-order valence-corrected chi connectivity index (χ3v) is 5.63. The molecule has 1 saturated carbocycles. The zero-order valence-electron chi connectivity index (χ0n) is 18.7. The lowest BCUT2D eigenvalue weighted by atomic mass is 9.94. The first-order chi connectivity index (χ1) is 12.9. The molecule has 1 aromatic rings. The number of halogens is 1. The molecule has 0 aliphatic heterocycles. The van der Waals surface area contributed by atoms with Crippen molar-refractivity contribution in [1.29, 1.82) is 0 Å². The number of hydrogen-bond acceptors (Lipinski definition) is 3. The lowest BCUT2D eigenvalue weighted by Gasteiger charge is -2.31. The highest BCUT2D eigenvalue weighted by atomic mass is 127. The van der Waals surface area contributed by atoms with Crippen LogP contribution in [0.4, 0.5) is 0 Å². The summed E-state index contributed by atoms with van der Waals surface area (Å²) < 4.78 is 1.91. The van der Waals surface area contributed by atoms with E-state index in [1.807, 2.05) is 18.8 Å². The Labute approximate surface area is 189 Å². The molecule has 162 valence electrons. The van der Waals surface area contributed by atoms with Crippen molar-refractivity contribution >= 4 is 29.9 Å². The second-order valence-electron chi connectivity index (χ2n) is 8.32. The lowest BCUT2D eigenvalue weighted by molar-refractivity contribution is 0.190. The van der Waals surface area contributed by atoms with Gasteiger partial charge in [-0.25, -0.2) is 0 Å². The SMILES string of the molecule is CN=C(NCCCN(C)C1CCCCC1)N(C)Cc1cn(C)nc1C(C)C.I. The van der Waals surface area contributed by atoms with E-state index in [0.29, 0.717) is 5.92 Å². The molecular formula is C21H41IN6. The molecule has 0 spiro atoms. The summed E-state index contributed by atoms with van der Waals surface area (Å²) in [5, 5.41) is 8.14. The van der Waals surface area contributed by atoms with Crippen LogP contribution in [0.2, 0.25) is 0 Å². The minimum absolute atomic E-state index is 0. The van der Waals surface area contributed by atoms with Crippen LogP contribution in [-0.4, -0.2) is 65.8 Å². The maximum Gasteiger partial charge on any atom is 0.193 e. The average molecular weight is 505 g/mol. The Kier molecular flexibility index (Phi) is 11.4. The van der Waals surface area contributed by atoms with Gasteiger partial charge in [-0.15, -0.1) is 24.0 Å². The van der Waals surface area contributed by atoms with E-state index in [1.165, 1.54) is 43.4 Å². The molecule has 1 fully saturated rings. The van der Waals surface area contributed by atoms with Crippen LogP contribution >= 0.6 is 24.0 Å². The molecule has 0 unspecified atom stereocenters. The minimum atomic E-state index is 0. The van der Waals surface area contributed by atoms with Gasteiger partial charge in [0, 0.05) is 52.0 Å². The summed E-state index contributed by atoms with van der Waals surface area (Å²) in [5.41, 5.74) is 2.45. The van der Waals surface area contributed by atoms with Crippen molar-refractivity contribution in [3.05, 3.63) is 17.5 Å². The number of guanidine groups is 1. The van der Waals surface area contributed by atoms with Crippen LogP contribution in [0.15, 0.2) is 11.2 Å². The molecule has 2 rings (SSSR count). The van der Waals surface area contributed by atoms with E-state index < -0.39 is 0 Å². The Hall–Kier alpha value is -0.830. The van der Waals surface area contributed by atoms with Crippen LogP contribution in [-0.2, 0) is 13.6 Å². The molecule has 28 heavy (non-hydrogen) atoms. The van der Waals surface area contributed by atoms with Crippen molar-refractivity contribution in [1.82, 2.24) is 24.9 Å². The van der Waals surface area contributed by atoms with Gasteiger partial charge in [0.15, 0.2) is 5.96 Å². The van der Waals surface area contributed by atoms with Crippen molar-refractivity contribution in [2.45, 2.75) is 70.9 Å². The van der Waals surface area contributed by atoms with E-state index in [0.717, 1.165) is 38.1 Å². The highest BCUT2D eigenvalue weighted by Crippen LogP contribution is 2.21. The predicted molar refractivity (Wildman–Crippen MR) is 130 cm³/mol. The van der Waals surface area contributed by atoms with Crippen LogP contribution in [0.3, 0.4) is 0 Å². The normalized spacial score (nSPS) is 15.8. The Morgan fingerprint density at radius 2 is 1.96 bits per heavy atom. The monoisotopic (exact) mass is 504 g/mol.